The van der Waals surface area contributed by atoms with E-state index in [2.05, 4.69) is 9.88 Å². The van der Waals surface area contributed by atoms with Crippen LogP contribution in [0, 0.1) is 0 Å². The van der Waals surface area contributed by atoms with E-state index in [-0.39, 0.29) is 12.0 Å². The maximum absolute atomic E-state index is 12.3. The summed E-state index contributed by atoms with van der Waals surface area (Å²) in [7, 11) is 1.61. The number of ether oxygens (including phenoxy) is 2. The third-order valence-corrected chi connectivity index (χ3v) is 3.46. The predicted molar refractivity (Wildman–Crippen MR) is 80.1 cm³/mol. The number of hydrogen-bond acceptors (Lipinski definition) is 5. The summed E-state index contributed by atoms with van der Waals surface area (Å²) in [5.74, 6) is 0.482. The molecular weight excluding hydrogens is 268 g/mol. The summed E-state index contributed by atoms with van der Waals surface area (Å²) in [6.45, 7) is 7.24. The molecule has 1 aliphatic heterocycles. The third-order valence-electron chi connectivity index (χ3n) is 3.46. The number of aromatic nitrogens is 1. The van der Waals surface area contributed by atoms with Crippen molar-refractivity contribution in [2.24, 2.45) is 0 Å². The molecule has 0 N–H and O–H groups in total. The molecule has 2 heterocycles. The van der Waals surface area contributed by atoms with Crippen molar-refractivity contribution >= 4 is 5.97 Å². The molecule has 116 valence electrons. The molecule has 0 radical (unpaired) electrons. The van der Waals surface area contributed by atoms with Gasteiger partial charge in [-0.2, -0.15) is 0 Å². The zero-order valence-corrected chi connectivity index (χ0v) is 13.3. The number of hydrogen-bond donors (Lipinski definition) is 0. The first-order chi connectivity index (χ1) is 9.90. The fraction of sp³-hybridized carbons (Fsp3) is 0.625. The maximum atomic E-state index is 12.3. The number of pyridine rings is 1. The van der Waals surface area contributed by atoms with Crippen LogP contribution in [-0.2, 0) is 16.1 Å². The lowest BCUT2D eigenvalue weighted by atomic mass is 10.1. The second kappa shape index (κ2) is 6.43. The number of methoxy groups -OCH3 is 1. The lowest BCUT2D eigenvalue weighted by molar-refractivity contribution is -0.160. The van der Waals surface area contributed by atoms with Gasteiger partial charge in [-0.3, -0.25) is 9.69 Å². The number of nitrogens with zero attached hydrogens (tertiary/aromatic N) is 2. The van der Waals surface area contributed by atoms with E-state index in [1.54, 1.807) is 13.3 Å². The molecule has 5 nitrogen and oxygen atoms in total. The van der Waals surface area contributed by atoms with E-state index < -0.39 is 5.60 Å². The summed E-state index contributed by atoms with van der Waals surface area (Å²) in [4.78, 5) is 18.7. The minimum atomic E-state index is -0.447. The lowest BCUT2D eigenvalue weighted by Crippen LogP contribution is -2.40. The maximum Gasteiger partial charge on any atom is 0.323 e. The first-order valence-corrected chi connectivity index (χ1v) is 7.35. The van der Waals surface area contributed by atoms with Gasteiger partial charge >= 0.3 is 5.97 Å². The molecule has 21 heavy (non-hydrogen) atoms. The molecule has 1 aromatic heterocycles. The van der Waals surface area contributed by atoms with Crippen LogP contribution in [0.15, 0.2) is 18.3 Å². The van der Waals surface area contributed by atoms with Gasteiger partial charge in [-0.15, -0.1) is 0 Å². The van der Waals surface area contributed by atoms with E-state index in [0.717, 1.165) is 24.9 Å². The second-order valence-corrected chi connectivity index (χ2v) is 6.33. The van der Waals surface area contributed by atoms with E-state index in [4.69, 9.17) is 9.47 Å². The molecule has 0 unspecified atom stereocenters. The van der Waals surface area contributed by atoms with Crippen LogP contribution in [-0.4, -0.2) is 41.2 Å². The van der Waals surface area contributed by atoms with Crippen LogP contribution in [0.3, 0.4) is 0 Å². The average molecular weight is 292 g/mol. The lowest BCUT2D eigenvalue weighted by Gasteiger charge is -2.27. The van der Waals surface area contributed by atoms with Crippen molar-refractivity contribution in [1.29, 1.82) is 0 Å². The Morgan fingerprint density at radius 1 is 1.48 bits per heavy atom. The highest BCUT2D eigenvalue weighted by Crippen LogP contribution is 2.25. The molecule has 1 aliphatic rings. The van der Waals surface area contributed by atoms with Gasteiger partial charge in [-0.05, 0) is 46.2 Å². The summed E-state index contributed by atoms with van der Waals surface area (Å²) in [6, 6.07) is 3.70. The van der Waals surface area contributed by atoms with Crippen LogP contribution in [0.4, 0.5) is 0 Å². The zero-order valence-electron chi connectivity index (χ0n) is 13.3. The molecule has 1 atom stereocenters. The Bertz CT molecular complexity index is 497. The van der Waals surface area contributed by atoms with Crippen molar-refractivity contribution < 1.29 is 14.3 Å². The Morgan fingerprint density at radius 3 is 2.90 bits per heavy atom. The quantitative estimate of drug-likeness (QED) is 0.798. The molecule has 1 aromatic rings. The van der Waals surface area contributed by atoms with Crippen LogP contribution < -0.4 is 4.74 Å². The van der Waals surface area contributed by atoms with E-state index in [9.17, 15) is 4.79 Å². The molecule has 1 fully saturated rings. The highest BCUT2D eigenvalue weighted by molar-refractivity contribution is 5.76. The summed E-state index contributed by atoms with van der Waals surface area (Å²) in [5.41, 5.74) is 0.549. The zero-order chi connectivity index (χ0) is 15.5. The van der Waals surface area contributed by atoms with Gasteiger partial charge in [0.2, 0.25) is 5.88 Å². The van der Waals surface area contributed by atoms with Gasteiger partial charge in [-0.1, -0.05) is 6.07 Å². The van der Waals surface area contributed by atoms with Crippen LogP contribution in [0.2, 0.25) is 0 Å². The molecule has 0 spiro atoms. The average Bonchev–Trinajstić information content (AvgIpc) is 2.85. The number of carbonyl (C=O) groups excluding carboxylic acids is 1. The number of esters is 1. The van der Waals surface area contributed by atoms with Crippen molar-refractivity contribution in [1.82, 2.24) is 9.88 Å². The van der Waals surface area contributed by atoms with Crippen LogP contribution in [0.25, 0.3) is 0 Å². The SMILES string of the molecule is COc1ncccc1CN1CCC[C@@H]1C(=O)OC(C)(C)C. The summed E-state index contributed by atoms with van der Waals surface area (Å²) in [5, 5.41) is 0. The van der Waals surface area contributed by atoms with Gasteiger partial charge in [0.1, 0.15) is 11.6 Å². The van der Waals surface area contributed by atoms with Crippen molar-refractivity contribution in [3.05, 3.63) is 23.9 Å². The summed E-state index contributed by atoms with van der Waals surface area (Å²) >= 11 is 0. The molecule has 0 saturated carbocycles. The molecule has 1 saturated heterocycles. The van der Waals surface area contributed by atoms with Gasteiger partial charge in [0.05, 0.1) is 7.11 Å². The van der Waals surface area contributed by atoms with Gasteiger partial charge < -0.3 is 9.47 Å². The Morgan fingerprint density at radius 2 is 2.24 bits per heavy atom. The van der Waals surface area contributed by atoms with E-state index in [1.165, 1.54) is 0 Å². The molecule has 0 amide bonds. The molecule has 0 bridgehead atoms. The molecular formula is C16H24N2O3. The van der Waals surface area contributed by atoms with Crippen LogP contribution in [0.1, 0.15) is 39.2 Å². The second-order valence-electron chi connectivity index (χ2n) is 6.33. The van der Waals surface area contributed by atoms with Crippen LogP contribution >= 0.6 is 0 Å². The highest BCUT2D eigenvalue weighted by atomic mass is 16.6. The Labute approximate surface area is 126 Å². The minimum Gasteiger partial charge on any atom is -0.481 e. The largest absolute Gasteiger partial charge is 0.481 e. The summed E-state index contributed by atoms with van der Waals surface area (Å²) < 4.78 is 10.8. The fourth-order valence-electron chi connectivity index (χ4n) is 2.60. The highest BCUT2D eigenvalue weighted by Gasteiger charge is 2.34. The minimum absolute atomic E-state index is 0.136. The van der Waals surface area contributed by atoms with E-state index in [0.29, 0.717) is 12.4 Å². The fourth-order valence-corrected chi connectivity index (χ4v) is 2.60. The van der Waals surface area contributed by atoms with Gasteiger partial charge in [0, 0.05) is 18.3 Å². The van der Waals surface area contributed by atoms with Crippen molar-refractivity contribution in [3.63, 3.8) is 0 Å². The Hall–Kier alpha value is -1.62. The number of carbonyl (C=O) groups is 1. The van der Waals surface area contributed by atoms with E-state index >= 15 is 0 Å². The van der Waals surface area contributed by atoms with Gasteiger partial charge in [-0.25, -0.2) is 4.98 Å². The van der Waals surface area contributed by atoms with Gasteiger partial charge in [0.25, 0.3) is 0 Å². The molecule has 0 aromatic carbocycles. The van der Waals surface area contributed by atoms with Crippen molar-refractivity contribution in [2.45, 2.75) is 51.8 Å². The van der Waals surface area contributed by atoms with Gasteiger partial charge in [0.15, 0.2) is 0 Å². The Kier molecular flexibility index (Phi) is 4.83. The molecule has 0 aliphatic carbocycles. The Balaban J connectivity index is 2.07. The molecule has 2 rings (SSSR count). The summed E-state index contributed by atoms with van der Waals surface area (Å²) in [6.07, 6.45) is 3.56. The normalized spacial score (nSPS) is 19.5. The standard InChI is InChI=1S/C16H24N2O3/c1-16(2,3)21-15(19)13-8-6-10-18(13)11-12-7-5-9-17-14(12)20-4/h5,7,9,13H,6,8,10-11H2,1-4H3/t13-/m1/s1. The number of rotatable bonds is 4. The molecule has 5 heteroatoms. The topological polar surface area (TPSA) is 51.7 Å². The van der Waals surface area contributed by atoms with Crippen LogP contribution in [0.5, 0.6) is 5.88 Å². The van der Waals surface area contributed by atoms with E-state index in [1.807, 2.05) is 32.9 Å². The number of likely N-dealkylation sites (tertiary alicyclic amines) is 1. The van der Waals surface area contributed by atoms with Crippen molar-refractivity contribution in [2.75, 3.05) is 13.7 Å². The van der Waals surface area contributed by atoms with Crippen molar-refractivity contribution in [3.8, 4) is 5.88 Å². The smallest absolute Gasteiger partial charge is 0.323 e. The monoisotopic (exact) mass is 292 g/mol. The third kappa shape index (κ3) is 4.17. The first kappa shape index (κ1) is 15.8. The first-order valence-electron chi connectivity index (χ1n) is 7.35. The predicted octanol–water partition coefficient (Wildman–Crippen LogP) is 2.40.